The Balaban J connectivity index is 0. The van der Waals surface area contributed by atoms with Gasteiger partial charge < -0.3 is 30.0 Å². The van der Waals surface area contributed by atoms with Gasteiger partial charge in [0.2, 0.25) is 0 Å². The molecule has 0 aromatic heterocycles. The van der Waals surface area contributed by atoms with Gasteiger partial charge in [-0.25, -0.2) is 9.59 Å². The van der Waals surface area contributed by atoms with E-state index in [0.717, 1.165) is 6.08 Å². The van der Waals surface area contributed by atoms with Gasteiger partial charge in [-0.15, -0.1) is 0 Å². The molecule has 0 rings (SSSR count). The van der Waals surface area contributed by atoms with Gasteiger partial charge in [-0.1, -0.05) is 0 Å². The Kier molecular flexibility index (Phi) is 11.1. The number of aliphatic hydroxyl groups is 3. The second kappa shape index (κ2) is 10.3. The third-order valence-electron chi connectivity index (χ3n) is 1.79. The van der Waals surface area contributed by atoms with E-state index in [-0.39, 0.29) is 5.57 Å². The van der Waals surface area contributed by atoms with Gasteiger partial charge >= 0.3 is 8.60 Å². The van der Waals surface area contributed by atoms with Gasteiger partial charge in [0.15, 0.2) is 0 Å². The van der Waals surface area contributed by atoms with E-state index in [0.29, 0.717) is 0 Å². The molecule has 8 nitrogen and oxygen atoms in total. The molecule has 0 saturated heterocycles. The van der Waals surface area contributed by atoms with Crippen molar-refractivity contribution in [3.63, 3.8) is 0 Å². The largest absolute Gasteiger partial charge is 0.395 e. The minimum absolute atomic E-state index is 0.296. The number of rotatable bonds is 5. The zero-order valence-electron chi connectivity index (χ0n) is 8.65. The zero-order chi connectivity index (χ0) is 13.9. The smallest absolute Gasteiger partial charge is 0.324 e. The molecule has 0 heterocycles. The Hall–Kier alpha value is -0.910. The summed E-state index contributed by atoms with van der Waals surface area (Å²) in [4.78, 5) is 42.0. The SMILES string of the molecule is O=C=CC(=C=O)C(CO)(CO)CO.OP(O)O. The number of carbonyl (C=O) groups excluding carboxylic acids is 2. The maximum absolute atomic E-state index is 10.3. The van der Waals surface area contributed by atoms with Crippen LogP contribution in [0.5, 0.6) is 0 Å². The number of allylic oxidation sites excluding steroid dienone is 1. The molecule has 98 valence electrons. The van der Waals surface area contributed by atoms with Gasteiger partial charge in [-0.05, 0) is 0 Å². The molecule has 17 heavy (non-hydrogen) atoms. The summed E-state index contributed by atoms with van der Waals surface area (Å²) in [5, 5.41) is 26.5. The van der Waals surface area contributed by atoms with E-state index in [2.05, 4.69) is 0 Å². The molecule has 0 aromatic rings. The van der Waals surface area contributed by atoms with Crippen LogP contribution in [0, 0.1) is 5.41 Å². The molecule has 0 aliphatic rings. The Morgan fingerprint density at radius 2 is 1.41 bits per heavy atom. The van der Waals surface area contributed by atoms with E-state index in [1.807, 2.05) is 0 Å². The Labute approximate surface area is 97.8 Å². The summed E-state index contributed by atoms with van der Waals surface area (Å²) >= 11 is 0. The predicted octanol–water partition coefficient (Wildman–Crippen LogP) is -2.71. The fourth-order valence-corrected chi connectivity index (χ4v) is 0.755. The average Bonchev–Trinajstić information content (AvgIpc) is 2.29. The second-order valence-corrected chi connectivity index (χ2v) is 3.34. The Bertz CT molecular complexity index is 288. The van der Waals surface area contributed by atoms with Crippen LogP contribution < -0.4 is 0 Å². The summed E-state index contributed by atoms with van der Waals surface area (Å²) in [7, 11) is -2.62. The summed E-state index contributed by atoms with van der Waals surface area (Å²) in [6, 6.07) is 0. The molecule has 0 aliphatic carbocycles. The standard InChI is InChI=1S/C8H10O5.H3O3P/c9-2-1-7(3-10)8(4-11,5-12)6-13;1-4(2)3/h1,11-13H,4-6H2;1-3H. The molecule has 0 saturated carbocycles. The first-order valence-corrected chi connectivity index (χ1v) is 5.29. The highest BCUT2D eigenvalue weighted by atomic mass is 31.2. The van der Waals surface area contributed by atoms with Gasteiger partial charge in [0.1, 0.15) is 11.9 Å². The minimum Gasteiger partial charge on any atom is -0.395 e. The van der Waals surface area contributed by atoms with Crippen LogP contribution in [0.3, 0.4) is 0 Å². The Morgan fingerprint density at radius 3 is 1.59 bits per heavy atom. The summed E-state index contributed by atoms with van der Waals surface area (Å²) in [6.45, 7) is -1.95. The third-order valence-corrected chi connectivity index (χ3v) is 1.79. The molecule has 0 spiro atoms. The molecule has 0 bridgehead atoms. The summed E-state index contributed by atoms with van der Waals surface area (Å²) in [6.07, 6.45) is 0.732. The van der Waals surface area contributed by atoms with Crippen LogP contribution in [-0.4, -0.2) is 61.7 Å². The Morgan fingerprint density at radius 1 is 1.06 bits per heavy atom. The monoisotopic (exact) mass is 268 g/mol. The van der Waals surface area contributed by atoms with Crippen LogP contribution in [0.4, 0.5) is 0 Å². The number of aliphatic hydroxyl groups excluding tert-OH is 3. The van der Waals surface area contributed by atoms with Gasteiger partial charge in [0.25, 0.3) is 0 Å². The van der Waals surface area contributed by atoms with Crippen molar-refractivity contribution in [3.8, 4) is 0 Å². The van der Waals surface area contributed by atoms with E-state index in [4.69, 9.17) is 30.0 Å². The van der Waals surface area contributed by atoms with E-state index >= 15 is 0 Å². The normalized spacial score (nSPS) is 9.82. The molecular weight excluding hydrogens is 255 g/mol. The fraction of sp³-hybridized carbons (Fsp3) is 0.500. The molecule has 0 unspecified atom stereocenters. The topological polar surface area (TPSA) is 156 Å². The van der Waals surface area contributed by atoms with Crippen molar-refractivity contribution in [3.05, 3.63) is 11.6 Å². The molecule has 0 aliphatic heterocycles. The molecule has 0 atom stereocenters. The lowest BCUT2D eigenvalue weighted by Crippen LogP contribution is -2.35. The van der Waals surface area contributed by atoms with Crippen molar-refractivity contribution >= 4 is 20.5 Å². The van der Waals surface area contributed by atoms with Gasteiger partial charge in [0, 0.05) is 6.08 Å². The van der Waals surface area contributed by atoms with Crippen LogP contribution in [0.2, 0.25) is 0 Å². The molecule has 6 N–H and O–H groups in total. The molecule has 0 radical (unpaired) electrons. The van der Waals surface area contributed by atoms with E-state index in [1.165, 1.54) is 11.9 Å². The highest BCUT2D eigenvalue weighted by Crippen LogP contribution is 2.24. The lowest BCUT2D eigenvalue weighted by Gasteiger charge is -2.25. The maximum atomic E-state index is 10.3. The van der Waals surface area contributed by atoms with Crippen LogP contribution in [-0.2, 0) is 9.59 Å². The molecule has 0 aromatic carbocycles. The van der Waals surface area contributed by atoms with Gasteiger partial charge in [-0.2, -0.15) is 0 Å². The molecule has 9 heteroatoms. The number of hydrogen-bond acceptors (Lipinski definition) is 8. The highest BCUT2D eigenvalue weighted by molar-refractivity contribution is 7.38. The average molecular weight is 268 g/mol. The number of hydrogen-bond donors (Lipinski definition) is 6. The summed E-state index contributed by atoms with van der Waals surface area (Å²) in [5.41, 5.74) is -1.81. The van der Waals surface area contributed by atoms with E-state index in [9.17, 15) is 9.59 Å². The predicted molar refractivity (Wildman–Crippen MR) is 56.7 cm³/mol. The second-order valence-electron chi connectivity index (χ2n) is 2.80. The first-order valence-electron chi connectivity index (χ1n) is 4.09. The van der Waals surface area contributed by atoms with Crippen molar-refractivity contribution in [2.24, 2.45) is 5.41 Å². The summed E-state index contributed by atoms with van der Waals surface area (Å²) in [5.74, 6) is 2.68. The lowest BCUT2D eigenvalue weighted by molar-refractivity contribution is 0.0367. The lowest BCUT2D eigenvalue weighted by atomic mass is 9.83. The van der Waals surface area contributed by atoms with Crippen LogP contribution in [0.1, 0.15) is 0 Å². The van der Waals surface area contributed by atoms with Crippen molar-refractivity contribution in [2.45, 2.75) is 0 Å². The first kappa shape index (κ1) is 18.5. The maximum Gasteiger partial charge on any atom is 0.324 e. The van der Waals surface area contributed by atoms with Crippen molar-refractivity contribution in [1.82, 2.24) is 0 Å². The van der Waals surface area contributed by atoms with Crippen molar-refractivity contribution in [2.75, 3.05) is 19.8 Å². The van der Waals surface area contributed by atoms with E-state index in [1.54, 1.807) is 0 Å². The quantitative estimate of drug-likeness (QED) is 0.178. The van der Waals surface area contributed by atoms with Gasteiger partial charge in [-0.3, -0.25) is 0 Å². The summed E-state index contributed by atoms with van der Waals surface area (Å²) < 4.78 is 0. The molecule has 0 fully saturated rings. The van der Waals surface area contributed by atoms with Crippen molar-refractivity contribution in [1.29, 1.82) is 0 Å². The zero-order valence-corrected chi connectivity index (χ0v) is 9.54. The fourth-order valence-electron chi connectivity index (χ4n) is 0.755. The van der Waals surface area contributed by atoms with Crippen LogP contribution in [0.25, 0.3) is 0 Å². The van der Waals surface area contributed by atoms with Crippen LogP contribution in [0.15, 0.2) is 11.6 Å². The van der Waals surface area contributed by atoms with Crippen molar-refractivity contribution < 1.29 is 39.6 Å². The first-order chi connectivity index (χ1) is 7.93. The van der Waals surface area contributed by atoms with Gasteiger partial charge in [0.05, 0.1) is 30.8 Å². The highest BCUT2D eigenvalue weighted by Gasteiger charge is 2.32. The molecule has 0 amide bonds. The van der Waals surface area contributed by atoms with Crippen LogP contribution >= 0.6 is 8.60 Å². The third kappa shape index (κ3) is 7.10. The van der Waals surface area contributed by atoms with E-state index < -0.39 is 33.8 Å². The molecular formula is C8H13O8P. The minimum atomic E-state index is -2.62.